The summed E-state index contributed by atoms with van der Waals surface area (Å²) in [5.74, 6) is 0.459. The van der Waals surface area contributed by atoms with Crippen molar-refractivity contribution in [3.05, 3.63) is 80.7 Å². The van der Waals surface area contributed by atoms with Gasteiger partial charge in [0.2, 0.25) is 0 Å². The third-order valence-electron chi connectivity index (χ3n) is 4.11. The first-order chi connectivity index (χ1) is 9.36. The van der Waals surface area contributed by atoms with Crippen LogP contribution in [0.4, 0.5) is 0 Å². The Morgan fingerprint density at radius 3 is 1.81 bits per heavy atom. The number of fused-ring (bicyclic) bond motifs is 3. The standard InChI is InChI=1S/C18H13.2ClH.Zr/c1-2-8-13(7-1)18-16-11-5-3-9-14(16)15-10-4-6-12-17(15)18;;;/h1,3-7,9-12,18H,2H2;2*1H;/q;;;+2/p-2. The molecular weight excluding hydrogens is 378 g/mol. The Kier molecular flexibility index (Phi) is 5.30. The fourth-order valence-corrected chi connectivity index (χ4v) is 4.13. The normalized spacial score (nSPS) is 15.3. The zero-order valence-electron chi connectivity index (χ0n) is 11.3. The van der Waals surface area contributed by atoms with Gasteiger partial charge >= 0.3 is 129 Å². The van der Waals surface area contributed by atoms with Crippen molar-refractivity contribution in [2.24, 2.45) is 0 Å². The third-order valence-corrected chi connectivity index (χ3v) is 5.32. The van der Waals surface area contributed by atoms with Crippen LogP contribution in [0.2, 0.25) is 0 Å². The van der Waals surface area contributed by atoms with Crippen LogP contribution in [0.3, 0.4) is 0 Å². The van der Waals surface area contributed by atoms with Crippen molar-refractivity contribution in [1.29, 1.82) is 0 Å². The summed E-state index contributed by atoms with van der Waals surface area (Å²) in [5, 5.41) is 0. The summed E-state index contributed by atoms with van der Waals surface area (Å²) >= 11 is 1.56. The molecule has 0 spiro atoms. The van der Waals surface area contributed by atoms with Gasteiger partial charge in [-0.1, -0.05) is 0 Å². The van der Waals surface area contributed by atoms with Crippen LogP contribution in [0, 0.1) is 0 Å². The molecule has 0 fully saturated rings. The van der Waals surface area contributed by atoms with E-state index in [1.165, 1.54) is 27.8 Å². The number of allylic oxidation sites excluding steroid dienone is 4. The molecule has 21 heavy (non-hydrogen) atoms. The molecule has 103 valence electrons. The quantitative estimate of drug-likeness (QED) is 0.559. The van der Waals surface area contributed by atoms with Crippen molar-refractivity contribution in [1.82, 2.24) is 0 Å². The van der Waals surface area contributed by atoms with E-state index >= 15 is 0 Å². The Balaban J connectivity index is 0.000000807. The second-order valence-corrected chi connectivity index (χ2v) is 6.63. The second kappa shape index (κ2) is 6.65. The van der Waals surface area contributed by atoms with Crippen molar-refractivity contribution >= 4 is 0 Å². The predicted molar refractivity (Wildman–Crippen MR) is 74.5 cm³/mol. The topological polar surface area (TPSA) is 0 Å². The van der Waals surface area contributed by atoms with Gasteiger partial charge in [-0.15, -0.1) is 0 Å². The second-order valence-electron chi connectivity index (χ2n) is 5.15. The van der Waals surface area contributed by atoms with Crippen molar-refractivity contribution in [3.63, 3.8) is 0 Å². The van der Waals surface area contributed by atoms with Gasteiger partial charge < -0.3 is 24.8 Å². The van der Waals surface area contributed by atoms with Crippen LogP contribution in [-0.2, 0) is 24.7 Å². The molecule has 0 aromatic heterocycles. The molecule has 0 unspecified atom stereocenters. The van der Waals surface area contributed by atoms with Gasteiger partial charge in [0.25, 0.3) is 0 Å². The number of rotatable bonds is 1. The molecule has 2 aromatic carbocycles. The van der Waals surface area contributed by atoms with E-state index in [1.54, 1.807) is 28.0 Å². The summed E-state index contributed by atoms with van der Waals surface area (Å²) < 4.78 is 1.60. The third kappa shape index (κ3) is 2.61. The van der Waals surface area contributed by atoms with Crippen molar-refractivity contribution < 1.29 is 49.5 Å². The van der Waals surface area contributed by atoms with Gasteiger partial charge in [0.1, 0.15) is 0 Å². The molecule has 0 heterocycles. The van der Waals surface area contributed by atoms with E-state index in [1.807, 2.05) is 0 Å². The van der Waals surface area contributed by atoms with Gasteiger partial charge in [0.15, 0.2) is 0 Å². The van der Waals surface area contributed by atoms with E-state index in [4.69, 9.17) is 0 Å². The van der Waals surface area contributed by atoms with Crippen molar-refractivity contribution in [3.8, 4) is 11.1 Å². The average molecular weight is 391 g/mol. The fraction of sp³-hybridized carbons (Fsp3) is 0.111. The van der Waals surface area contributed by atoms with E-state index < -0.39 is 0 Å². The van der Waals surface area contributed by atoms with E-state index in [0.29, 0.717) is 5.92 Å². The summed E-state index contributed by atoms with van der Waals surface area (Å²) in [6.07, 6.45) is 5.80. The maximum atomic E-state index is 2.34. The Hall–Kier alpha value is -0.617. The number of hydrogen-bond donors (Lipinski definition) is 0. The van der Waals surface area contributed by atoms with Gasteiger partial charge in [-0.25, -0.2) is 0 Å². The molecule has 0 radical (unpaired) electrons. The first kappa shape index (κ1) is 16.7. The average Bonchev–Trinajstić information content (AvgIpc) is 3.00. The molecule has 0 bridgehead atoms. The zero-order valence-corrected chi connectivity index (χ0v) is 15.3. The Morgan fingerprint density at radius 2 is 1.33 bits per heavy atom. The Bertz CT molecular complexity index is 686. The molecule has 0 atom stereocenters. The number of benzene rings is 2. The Labute approximate surface area is 153 Å². The van der Waals surface area contributed by atoms with Gasteiger partial charge in [-0.3, -0.25) is 0 Å². The fourth-order valence-electron chi connectivity index (χ4n) is 3.28. The molecule has 0 N–H and O–H groups in total. The number of hydrogen-bond acceptors (Lipinski definition) is 0. The molecule has 4 rings (SSSR count). The van der Waals surface area contributed by atoms with Crippen LogP contribution in [0.5, 0.6) is 0 Å². The zero-order chi connectivity index (χ0) is 12.8. The van der Waals surface area contributed by atoms with Gasteiger partial charge in [-0.2, -0.15) is 0 Å². The molecular formula is C18H13Cl2Zr. The number of halogens is 2. The SMILES string of the molecule is [Cl-].[Cl-].[Zr+2][C]1=C(C2c3ccccc3-c3ccccc32)C=CC1. The monoisotopic (exact) mass is 389 g/mol. The van der Waals surface area contributed by atoms with Gasteiger partial charge in [0.05, 0.1) is 0 Å². The van der Waals surface area contributed by atoms with E-state index in [0.717, 1.165) is 6.42 Å². The van der Waals surface area contributed by atoms with E-state index in [-0.39, 0.29) is 24.8 Å². The van der Waals surface area contributed by atoms with Crippen LogP contribution in [0.15, 0.2) is 69.5 Å². The molecule has 0 saturated carbocycles. The van der Waals surface area contributed by atoms with E-state index in [2.05, 4.69) is 60.7 Å². The van der Waals surface area contributed by atoms with Crippen molar-refractivity contribution in [2.75, 3.05) is 0 Å². The van der Waals surface area contributed by atoms with E-state index in [9.17, 15) is 0 Å². The summed E-state index contributed by atoms with van der Waals surface area (Å²) in [7, 11) is 0. The molecule has 0 nitrogen and oxygen atoms in total. The molecule has 3 heteroatoms. The molecule has 2 aromatic rings. The minimum absolute atomic E-state index is 0. The summed E-state index contributed by atoms with van der Waals surface area (Å²) in [6.45, 7) is 0. The van der Waals surface area contributed by atoms with Crippen LogP contribution < -0.4 is 24.8 Å². The molecule has 0 aliphatic heterocycles. The first-order valence-corrected chi connectivity index (χ1v) is 7.88. The maximum absolute atomic E-state index is 2.34. The van der Waals surface area contributed by atoms with Crippen LogP contribution in [0.25, 0.3) is 11.1 Å². The van der Waals surface area contributed by atoms with Crippen LogP contribution in [-0.4, -0.2) is 0 Å². The molecule has 2 aliphatic carbocycles. The summed E-state index contributed by atoms with van der Waals surface area (Å²) in [4.78, 5) is 0. The molecule has 0 saturated heterocycles. The Morgan fingerprint density at radius 1 is 0.810 bits per heavy atom. The van der Waals surface area contributed by atoms with Gasteiger partial charge in [0, 0.05) is 0 Å². The molecule has 2 aliphatic rings. The summed E-state index contributed by atoms with van der Waals surface area (Å²) in [5.41, 5.74) is 7.32. The van der Waals surface area contributed by atoms with Crippen LogP contribution in [0.1, 0.15) is 23.5 Å². The minimum atomic E-state index is 0. The van der Waals surface area contributed by atoms with Gasteiger partial charge in [-0.05, 0) is 0 Å². The summed E-state index contributed by atoms with van der Waals surface area (Å²) in [6, 6.07) is 17.7. The van der Waals surface area contributed by atoms with Crippen molar-refractivity contribution in [2.45, 2.75) is 12.3 Å². The molecule has 0 amide bonds. The first-order valence-electron chi connectivity index (χ1n) is 6.65. The predicted octanol–water partition coefficient (Wildman–Crippen LogP) is -1.43. The van der Waals surface area contributed by atoms with Crippen LogP contribution >= 0.6 is 0 Å².